The maximum atomic E-state index is 12.0. The predicted molar refractivity (Wildman–Crippen MR) is 92.8 cm³/mol. The van der Waals surface area contributed by atoms with Crippen LogP contribution < -0.4 is 10.6 Å². The van der Waals surface area contributed by atoms with E-state index in [1.54, 1.807) is 7.11 Å². The summed E-state index contributed by atoms with van der Waals surface area (Å²) in [6.45, 7) is 3.32. The van der Waals surface area contributed by atoms with Gasteiger partial charge in [-0.25, -0.2) is 4.79 Å². The van der Waals surface area contributed by atoms with Crippen molar-refractivity contribution in [3.8, 4) is 0 Å². The number of rotatable bonds is 6. The lowest BCUT2D eigenvalue weighted by molar-refractivity contribution is 0.104. The standard InChI is InChI=1S/C17H26ClN3O2/c1-21-8-4-5-13(12-21)10-19-17(22)20-11-16(23-2)14-6-3-7-15(18)9-14/h3,6-7,9,13,16H,4-5,8,10-12H2,1-2H3,(H2,19,20,22)/t13-,16-/m1/s1. The maximum Gasteiger partial charge on any atom is 0.314 e. The lowest BCUT2D eigenvalue weighted by atomic mass is 9.99. The number of hydrogen-bond donors (Lipinski definition) is 2. The van der Waals surface area contributed by atoms with Crippen LogP contribution in [-0.2, 0) is 4.74 Å². The number of nitrogens with one attached hydrogen (secondary N) is 2. The Balaban J connectivity index is 1.74. The highest BCUT2D eigenvalue weighted by Gasteiger charge is 2.18. The molecule has 0 bridgehead atoms. The first-order chi connectivity index (χ1) is 11.1. The lowest BCUT2D eigenvalue weighted by Crippen LogP contribution is -2.43. The van der Waals surface area contributed by atoms with E-state index in [1.165, 1.54) is 12.8 Å². The van der Waals surface area contributed by atoms with Crippen LogP contribution in [0.2, 0.25) is 5.02 Å². The average molecular weight is 340 g/mol. The van der Waals surface area contributed by atoms with Crippen molar-refractivity contribution < 1.29 is 9.53 Å². The molecule has 0 saturated carbocycles. The number of hydrogen-bond acceptors (Lipinski definition) is 3. The van der Waals surface area contributed by atoms with Crippen LogP contribution in [0.5, 0.6) is 0 Å². The number of amides is 2. The number of carbonyl (C=O) groups is 1. The summed E-state index contributed by atoms with van der Waals surface area (Å²) >= 11 is 6.00. The predicted octanol–water partition coefficient (Wildman–Crippen LogP) is 2.67. The Kier molecular flexibility index (Phi) is 7.15. The van der Waals surface area contributed by atoms with E-state index in [0.29, 0.717) is 24.0 Å². The first-order valence-corrected chi connectivity index (χ1v) is 8.44. The van der Waals surface area contributed by atoms with E-state index in [0.717, 1.165) is 18.7 Å². The number of urea groups is 1. The molecule has 0 unspecified atom stereocenters. The molecule has 0 aromatic heterocycles. The van der Waals surface area contributed by atoms with Crippen LogP contribution in [0.3, 0.4) is 0 Å². The lowest BCUT2D eigenvalue weighted by Gasteiger charge is -2.29. The van der Waals surface area contributed by atoms with Gasteiger partial charge in [-0.1, -0.05) is 23.7 Å². The second kappa shape index (κ2) is 9.11. The average Bonchev–Trinajstić information content (AvgIpc) is 2.54. The number of piperidine rings is 1. The molecule has 2 amide bonds. The van der Waals surface area contributed by atoms with Gasteiger partial charge in [0.05, 0.1) is 6.10 Å². The molecule has 2 N–H and O–H groups in total. The van der Waals surface area contributed by atoms with Crippen LogP contribution in [0, 0.1) is 5.92 Å². The van der Waals surface area contributed by atoms with E-state index in [1.807, 2.05) is 24.3 Å². The third kappa shape index (κ3) is 6.01. The maximum absolute atomic E-state index is 12.0. The van der Waals surface area contributed by atoms with Gasteiger partial charge in [0.1, 0.15) is 0 Å². The van der Waals surface area contributed by atoms with E-state index in [-0.39, 0.29) is 12.1 Å². The smallest absolute Gasteiger partial charge is 0.314 e. The molecule has 1 aromatic rings. The number of likely N-dealkylation sites (tertiary alicyclic amines) is 1. The molecule has 1 aromatic carbocycles. The summed E-state index contributed by atoms with van der Waals surface area (Å²) < 4.78 is 5.44. The van der Waals surface area contributed by atoms with E-state index < -0.39 is 0 Å². The molecule has 0 aliphatic carbocycles. The van der Waals surface area contributed by atoms with Crippen LogP contribution >= 0.6 is 11.6 Å². The quantitative estimate of drug-likeness (QED) is 0.837. The largest absolute Gasteiger partial charge is 0.375 e. The normalized spacial score (nSPS) is 20.0. The van der Waals surface area contributed by atoms with Crippen molar-refractivity contribution in [2.24, 2.45) is 5.92 Å². The van der Waals surface area contributed by atoms with E-state index in [2.05, 4.69) is 22.6 Å². The van der Waals surface area contributed by atoms with Crippen LogP contribution in [-0.4, -0.2) is 51.3 Å². The SMILES string of the molecule is CO[C@H](CNC(=O)NC[C@H]1CCCN(C)C1)c1cccc(Cl)c1. The summed E-state index contributed by atoms with van der Waals surface area (Å²) in [5.74, 6) is 0.533. The number of benzene rings is 1. The molecule has 2 atom stereocenters. The Morgan fingerprint density at radius 3 is 3.00 bits per heavy atom. The fraction of sp³-hybridized carbons (Fsp3) is 0.588. The van der Waals surface area contributed by atoms with Gasteiger partial charge in [-0.2, -0.15) is 0 Å². The number of nitrogens with zero attached hydrogens (tertiary/aromatic N) is 1. The molecule has 6 heteroatoms. The molecule has 23 heavy (non-hydrogen) atoms. The number of methoxy groups -OCH3 is 1. The highest BCUT2D eigenvalue weighted by Crippen LogP contribution is 2.19. The summed E-state index contributed by atoms with van der Waals surface area (Å²) in [6.07, 6.45) is 2.17. The zero-order chi connectivity index (χ0) is 16.7. The van der Waals surface area contributed by atoms with Crippen molar-refractivity contribution >= 4 is 17.6 Å². The van der Waals surface area contributed by atoms with Crippen molar-refractivity contribution in [3.63, 3.8) is 0 Å². The van der Waals surface area contributed by atoms with Crippen LogP contribution in [0.4, 0.5) is 4.79 Å². The first kappa shape index (κ1) is 18.0. The Morgan fingerprint density at radius 1 is 1.48 bits per heavy atom. The van der Waals surface area contributed by atoms with Gasteiger partial charge < -0.3 is 20.3 Å². The Labute approximate surface area is 143 Å². The van der Waals surface area contributed by atoms with Gasteiger partial charge in [0, 0.05) is 31.8 Å². The second-order valence-corrected chi connectivity index (χ2v) is 6.58. The molecule has 1 saturated heterocycles. The number of carbonyl (C=O) groups excluding carboxylic acids is 1. The molecular formula is C17H26ClN3O2. The fourth-order valence-corrected chi connectivity index (χ4v) is 3.17. The molecule has 0 radical (unpaired) electrons. The summed E-state index contributed by atoms with van der Waals surface area (Å²) in [5.41, 5.74) is 0.953. The molecule has 0 spiro atoms. The molecule has 5 nitrogen and oxygen atoms in total. The zero-order valence-electron chi connectivity index (χ0n) is 13.8. The second-order valence-electron chi connectivity index (χ2n) is 6.14. The van der Waals surface area contributed by atoms with Crippen molar-refractivity contribution in [3.05, 3.63) is 34.9 Å². The number of halogens is 1. The van der Waals surface area contributed by atoms with Crippen LogP contribution in [0.15, 0.2) is 24.3 Å². The van der Waals surface area contributed by atoms with Gasteiger partial charge >= 0.3 is 6.03 Å². The first-order valence-electron chi connectivity index (χ1n) is 8.07. The van der Waals surface area contributed by atoms with Gasteiger partial charge in [0.15, 0.2) is 0 Å². The van der Waals surface area contributed by atoms with Gasteiger partial charge in [-0.15, -0.1) is 0 Å². The van der Waals surface area contributed by atoms with Crippen molar-refractivity contribution in [1.29, 1.82) is 0 Å². The van der Waals surface area contributed by atoms with Crippen molar-refractivity contribution in [2.45, 2.75) is 18.9 Å². The van der Waals surface area contributed by atoms with Crippen LogP contribution in [0.25, 0.3) is 0 Å². The molecule has 1 aliphatic rings. The topological polar surface area (TPSA) is 53.6 Å². The molecule has 1 heterocycles. The van der Waals surface area contributed by atoms with Gasteiger partial charge in [-0.05, 0) is 50.0 Å². The molecule has 1 fully saturated rings. The van der Waals surface area contributed by atoms with Gasteiger partial charge in [0.2, 0.25) is 0 Å². The third-order valence-corrected chi connectivity index (χ3v) is 4.46. The molecule has 2 rings (SSSR count). The minimum Gasteiger partial charge on any atom is -0.375 e. The van der Waals surface area contributed by atoms with Crippen molar-refractivity contribution in [2.75, 3.05) is 40.3 Å². The Bertz CT molecular complexity index is 512. The minimum atomic E-state index is -0.208. The molecule has 1 aliphatic heterocycles. The highest BCUT2D eigenvalue weighted by atomic mass is 35.5. The van der Waals surface area contributed by atoms with Crippen molar-refractivity contribution in [1.82, 2.24) is 15.5 Å². The third-order valence-electron chi connectivity index (χ3n) is 4.23. The number of ether oxygens (including phenoxy) is 1. The monoisotopic (exact) mass is 339 g/mol. The Morgan fingerprint density at radius 2 is 2.30 bits per heavy atom. The molecular weight excluding hydrogens is 314 g/mol. The summed E-state index contributed by atoms with van der Waals surface area (Å²) in [6, 6.07) is 7.34. The fourth-order valence-electron chi connectivity index (χ4n) is 2.97. The highest BCUT2D eigenvalue weighted by molar-refractivity contribution is 6.30. The Hall–Kier alpha value is -1.30. The summed E-state index contributed by atoms with van der Waals surface area (Å²) in [4.78, 5) is 14.3. The van der Waals surface area contributed by atoms with Gasteiger partial charge in [-0.3, -0.25) is 0 Å². The zero-order valence-corrected chi connectivity index (χ0v) is 14.6. The molecule has 128 valence electrons. The van der Waals surface area contributed by atoms with E-state index in [4.69, 9.17) is 16.3 Å². The van der Waals surface area contributed by atoms with Crippen LogP contribution in [0.1, 0.15) is 24.5 Å². The van der Waals surface area contributed by atoms with Gasteiger partial charge in [0.25, 0.3) is 0 Å². The summed E-state index contributed by atoms with van der Waals surface area (Å²) in [5, 5.41) is 6.49. The van der Waals surface area contributed by atoms with E-state index >= 15 is 0 Å². The summed E-state index contributed by atoms with van der Waals surface area (Å²) in [7, 11) is 3.75. The van der Waals surface area contributed by atoms with E-state index in [9.17, 15) is 4.79 Å². The minimum absolute atomic E-state index is 0.151.